The highest BCUT2D eigenvalue weighted by molar-refractivity contribution is 9.09. The Morgan fingerprint density at radius 1 is 1.45 bits per heavy atom. The van der Waals surface area contributed by atoms with E-state index in [-0.39, 0.29) is 11.2 Å². The molecule has 0 aliphatic heterocycles. The van der Waals surface area contributed by atoms with Crippen LogP contribution in [0.1, 0.15) is 19.3 Å². The molecule has 1 saturated carbocycles. The molecule has 0 atom stereocenters. The van der Waals surface area contributed by atoms with E-state index in [1.165, 1.54) is 0 Å². The molecule has 0 saturated heterocycles. The van der Waals surface area contributed by atoms with Crippen molar-refractivity contribution in [1.82, 2.24) is 0 Å². The van der Waals surface area contributed by atoms with Crippen LogP contribution in [0.2, 0.25) is 0 Å². The van der Waals surface area contributed by atoms with Crippen LogP contribution in [-0.2, 0) is 10.1 Å². The van der Waals surface area contributed by atoms with Gasteiger partial charge in [0.05, 0.1) is 5.75 Å². The van der Waals surface area contributed by atoms with E-state index in [0.29, 0.717) is 0 Å². The molecular weight excluding hydrogens is 232 g/mol. The summed E-state index contributed by atoms with van der Waals surface area (Å²) in [5.74, 6) is -0.0639. The summed E-state index contributed by atoms with van der Waals surface area (Å²) >= 11 is 3.26. The van der Waals surface area contributed by atoms with Gasteiger partial charge in [0.1, 0.15) is 0 Å². The van der Waals surface area contributed by atoms with Gasteiger partial charge in [-0.25, -0.2) is 0 Å². The summed E-state index contributed by atoms with van der Waals surface area (Å²) in [6.45, 7) is 0. The fraction of sp³-hybridized carbons (Fsp3) is 1.00. The summed E-state index contributed by atoms with van der Waals surface area (Å²) in [4.78, 5) is 0. The zero-order chi connectivity index (χ0) is 8.54. The van der Waals surface area contributed by atoms with E-state index >= 15 is 0 Å². The zero-order valence-corrected chi connectivity index (χ0v) is 8.49. The van der Waals surface area contributed by atoms with Crippen LogP contribution in [0.15, 0.2) is 0 Å². The van der Waals surface area contributed by atoms with E-state index in [2.05, 4.69) is 15.9 Å². The predicted molar refractivity (Wildman–Crippen MR) is 46.5 cm³/mol. The summed E-state index contributed by atoms with van der Waals surface area (Å²) in [6, 6.07) is 0. The van der Waals surface area contributed by atoms with E-state index in [4.69, 9.17) is 4.55 Å². The maximum atomic E-state index is 10.5. The Labute approximate surface area is 75.1 Å². The van der Waals surface area contributed by atoms with E-state index in [1.807, 2.05) is 0 Å². The third kappa shape index (κ3) is 3.09. The fourth-order valence-electron chi connectivity index (χ4n) is 1.23. The van der Waals surface area contributed by atoms with Crippen LogP contribution in [0, 0.1) is 5.41 Å². The van der Waals surface area contributed by atoms with E-state index in [1.54, 1.807) is 0 Å². The highest BCUT2D eigenvalue weighted by Gasteiger charge is 2.44. The lowest BCUT2D eigenvalue weighted by Crippen LogP contribution is -2.16. The first-order valence-corrected chi connectivity index (χ1v) is 6.22. The third-order valence-corrected chi connectivity index (χ3v) is 3.44. The third-order valence-electron chi connectivity index (χ3n) is 2.07. The summed E-state index contributed by atoms with van der Waals surface area (Å²) in [5, 5.41) is 0.808. The molecule has 0 radical (unpaired) electrons. The number of hydrogen-bond donors (Lipinski definition) is 1. The standard InChI is InChI=1S/C6H11BrO3S/c7-4-3-6(1-2-6)5-11(8,9)10/h1-5H2,(H,8,9,10). The Kier molecular flexibility index (Phi) is 2.61. The second kappa shape index (κ2) is 3.03. The molecule has 0 aromatic heterocycles. The topological polar surface area (TPSA) is 54.4 Å². The molecule has 66 valence electrons. The molecule has 1 rings (SSSR count). The molecule has 0 unspecified atom stereocenters. The molecule has 11 heavy (non-hydrogen) atoms. The van der Waals surface area contributed by atoms with Crippen molar-refractivity contribution < 1.29 is 13.0 Å². The molecule has 0 heterocycles. The Balaban J connectivity index is 2.48. The molecular formula is C6H11BrO3S. The molecule has 0 spiro atoms. The van der Waals surface area contributed by atoms with Crippen LogP contribution in [-0.4, -0.2) is 24.1 Å². The largest absolute Gasteiger partial charge is 0.286 e. The van der Waals surface area contributed by atoms with Gasteiger partial charge < -0.3 is 0 Å². The minimum absolute atomic E-state index is 0.0639. The highest BCUT2D eigenvalue weighted by atomic mass is 79.9. The number of hydrogen-bond acceptors (Lipinski definition) is 2. The van der Waals surface area contributed by atoms with Gasteiger partial charge in [0.25, 0.3) is 10.1 Å². The van der Waals surface area contributed by atoms with Crippen molar-refractivity contribution in [1.29, 1.82) is 0 Å². The number of rotatable bonds is 4. The maximum absolute atomic E-state index is 10.5. The Bertz CT molecular complexity index is 230. The van der Waals surface area contributed by atoms with Crippen LogP contribution in [0.3, 0.4) is 0 Å². The SMILES string of the molecule is O=S(=O)(O)CC1(CCBr)CC1. The van der Waals surface area contributed by atoms with Crippen LogP contribution in [0.25, 0.3) is 0 Å². The predicted octanol–water partition coefficient (Wildman–Crippen LogP) is 1.44. The second-order valence-corrected chi connectivity index (χ2v) is 5.41. The van der Waals surface area contributed by atoms with Crippen molar-refractivity contribution in [3.63, 3.8) is 0 Å². The van der Waals surface area contributed by atoms with Gasteiger partial charge in [-0.1, -0.05) is 15.9 Å². The maximum Gasteiger partial charge on any atom is 0.265 e. The van der Waals surface area contributed by atoms with Crippen LogP contribution in [0.5, 0.6) is 0 Å². The van der Waals surface area contributed by atoms with Gasteiger partial charge in [-0.2, -0.15) is 8.42 Å². The Hall–Kier alpha value is 0.390. The monoisotopic (exact) mass is 242 g/mol. The summed E-state index contributed by atoms with van der Waals surface area (Å²) in [6.07, 6.45) is 2.70. The average Bonchev–Trinajstić information content (AvgIpc) is 2.44. The van der Waals surface area contributed by atoms with Crippen molar-refractivity contribution in [3.05, 3.63) is 0 Å². The van der Waals surface area contributed by atoms with E-state index < -0.39 is 10.1 Å². The van der Waals surface area contributed by atoms with Crippen LogP contribution < -0.4 is 0 Å². The zero-order valence-electron chi connectivity index (χ0n) is 6.09. The van der Waals surface area contributed by atoms with E-state index in [0.717, 1.165) is 24.6 Å². The quantitative estimate of drug-likeness (QED) is 0.600. The summed E-state index contributed by atoms with van der Waals surface area (Å²) < 4.78 is 29.6. The molecule has 1 fully saturated rings. The molecule has 0 aromatic rings. The lowest BCUT2D eigenvalue weighted by Gasteiger charge is -2.09. The van der Waals surface area contributed by atoms with Crippen LogP contribution >= 0.6 is 15.9 Å². The van der Waals surface area contributed by atoms with Crippen molar-refractivity contribution in [2.45, 2.75) is 19.3 Å². The average molecular weight is 243 g/mol. The van der Waals surface area contributed by atoms with E-state index in [9.17, 15) is 8.42 Å². The minimum Gasteiger partial charge on any atom is -0.286 e. The smallest absolute Gasteiger partial charge is 0.265 e. The summed E-state index contributed by atoms with van der Waals surface area (Å²) in [7, 11) is -3.76. The lowest BCUT2D eigenvalue weighted by molar-refractivity contribution is 0.454. The van der Waals surface area contributed by atoms with Crippen molar-refractivity contribution in [2.24, 2.45) is 5.41 Å². The summed E-state index contributed by atoms with van der Waals surface area (Å²) in [5.41, 5.74) is -0.100. The Morgan fingerprint density at radius 3 is 2.27 bits per heavy atom. The van der Waals surface area contributed by atoms with Gasteiger partial charge in [0.15, 0.2) is 0 Å². The molecule has 1 aliphatic rings. The lowest BCUT2D eigenvalue weighted by atomic mass is 10.1. The highest BCUT2D eigenvalue weighted by Crippen LogP contribution is 2.49. The normalized spacial score (nSPS) is 21.6. The molecule has 5 heteroatoms. The van der Waals surface area contributed by atoms with Gasteiger partial charge in [0.2, 0.25) is 0 Å². The first-order chi connectivity index (χ1) is 4.97. The van der Waals surface area contributed by atoms with Crippen LogP contribution in [0.4, 0.5) is 0 Å². The van der Waals surface area contributed by atoms with Gasteiger partial charge in [-0.05, 0) is 24.7 Å². The first-order valence-electron chi connectivity index (χ1n) is 3.49. The minimum atomic E-state index is -3.76. The van der Waals surface area contributed by atoms with Crippen molar-refractivity contribution >= 4 is 26.0 Å². The van der Waals surface area contributed by atoms with Gasteiger partial charge in [-0.3, -0.25) is 4.55 Å². The molecule has 0 amide bonds. The molecule has 1 N–H and O–H groups in total. The first kappa shape index (κ1) is 9.48. The number of alkyl halides is 1. The van der Waals surface area contributed by atoms with Gasteiger partial charge in [0, 0.05) is 5.33 Å². The molecule has 3 nitrogen and oxygen atoms in total. The number of halogens is 1. The van der Waals surface area contributed by atoms with Gasteiger partial charge >= 0.3 is 0 Å². The molecule has 1 aliphatic carbocycles. The second-order valence-electron chi connectivity index (χ2n) is 3.17. The van der Waals surface area contributed by atoms with Gasteiger partial charge in [-0.15, -0.1) is 0 Å². The fourth-order valence-corrected chi connectivity index (χ4v) is 3.28. The Morgan fingerprint density at radius 2 is 2.00 bits per heavy atom. The van der Waals surface area contributed by atoms with Crippen molar-refractivity contribution in [3.8, 4) is 0 Å². The van der Waals surface area contributed by atoms with Crippen molar-refractivity contribution in [2.75, 3.05) is 11.1 Å². The molecule has 0 bridgehead atoms. The molecule has 0 aromatic carbocycles.